The maximum absolute atomic E-state index is 12.8. The highest BCUT2D eigenvalue weighted by atomic mass is 32.7. The van der Waals surface area contributed by atoms with Gasteiger partial charge in [0, 0.05) is 36.8 Å². The fourth-order valence-corrected chi connectivity index (χ4v) is 8.93. The molecule has 1 amide bonds. The number of nitrogens with one attached hydrogen (secondary N) is 2. The number of unbranched alkanes of at least 4 members (excludes halogenated alkanes) is 13. The number of amides is 1. The van der Waals surface area contributed by atoms with E-state index < -0.39 is 6.57 Å². The second-order valence-electron chi connectivity index (χ2n) is 9.38. The van der Waals surface area contributed by atoms with E-state index >= 15 is 0 Å². The summed E-state index contributed by atoms with van der Waals surface area (Å²) >= 11 is 2.44. The summed E-state index contributed by atoms with van der Waals surface area (Å²) in [6, 6.07) is 0. The average Bonchev–Trinajstić information content (AvgIpc) is 2.84. The predicted octanol–water partition coefficient (Wildman–Crippen LogP) is 7.58. The molecule has 35 heavy (non-hydrogen) atoms. The van der Waals surface area contributed by atoms with Crippen LogP contribution >= 0.6 is 29.7 Å². The van der Waals surface area contributed by atoms with Crippen LogP contribution in [0, 0.1) is 0 Å². The zero-order valence-electron chi connectivity index (χ0n) is 22.6. The Morgan fingerprint density at radius 3 is 1.86 bits per heavy atom. The van der Waals surface area contributed by atoms with Crippen LogP contribution in [-0.4, -0.2) is 58.6 Å². The molecule has 0 rings (SSSR count). The van der Waals surface area contributed by atoms with E-state index in [4.69, 9.17) is 5.11 Å². The van der Waals surface area contributed by atoms with Crippen molar-refractivity contribution >= 4 is 35.0 Å². The van der Waals surface area contributed by atoms with Gasteiger partial charge in [0.25, 0.3) is 11.8 Å². The smallest absolute Gasteiger partial charge is 0.279 e. The lowest BCUT2D eigenvalue weighted by molar-refractivity contribution is 0.260. The minimum atomic E-state index is -3.26. The summed E-state index contributed by atoms with van der Waals surface area (Å²) < 4.78 is 12.8. The van der Waals surface area contributed by atoms with E-state index in [0.717, 1.165) is 18.6 Å². The minimum absolute atomic E-state index is 0.0912. The van der Waals surface area contributed by atoms with Crippen molar-refractivity contribution in [3.05, 3.63) is 0 Å². The maximum Gasteiger partial charge on any atom is 0.279 e. The van der Waals surface area contributed by atoms with Gasteiger partial charge in [-0.2, -0.15) is 0 Å². The topological polar surface area (TPSA) is 98.7 Å². The van der Waals surface area contributed by atoms with Crippen LogP contribution in [0.5, 0.6) is 0 Å². The Labute approximate surface area is 224 Å². The zero-order chi connectivity index (χ0) is 26.0. The highest BCUT2D eigenvalue weighted by molar-refractivity contribution is 8.56. The van der Waals surface area contributed by atoms with Crippen LogP contribution in [0.25, 0.3) is 0 Å². The van der Waals surface area contributed by atoms with Crippen molar-refractivity contribution in [1.82, 2.24) is 10.6 Å². The summed E-state index contributed by atoms with van der Waals surface area (Å²) in [5, 5.41) is 14.5. The number of aliphatic hydroxyl groups excluding tert-OH is 1. The van der Waals surface area contributed by atoms with E-state index in [1.165, 1.54) is 100 Å². The standard InChI is InChI=1S/C26H55N2O4PS2/c1-3-5-6-7-8-9-10-11-12-13-14-15-16-17-23-35-33(31,32)25(4-2)18-19-28-26(30)34-24-21-27-20-22-29/h25,27,29H,3-24H2,1-2H3,(H,28,30)(H,31,32). The molecule has 0 aromatic carbocycles. The predicted molar refractivity (Wildman–Crippen MR) is 157 cm³/mol. The number of hydrogen-bond acceptors (Lipinski definition) is 6. The monoisotopic (exact) mass is 554 g/mol. The second-order valence-corrected chi connectivity index (χ2v) is 15.3. The molecule has 4 N–H and O–H groups in total. The van der Waals surface area contributed by atoms with Gasteiger partial charge in [0.1, 0.15) is 0 Å². The number of carbonyl (C=O) groups excluding carboxylic acids is 1. The van der Waals surface area contributed by atoms with Crippen LogP contribution < -0.4 is 10.6 Å². The lowest BCUT2D eigenvalue weighted by Crippen LogP contribution is -2.26. The molecule has 0 bridgehead atoms. The Balaban J connectivity index is 3.69. The van der Waals surface area contributed by atoms with Crippen LogP contribution in [0.2, 0.25) is 0 Å². The summed E-state index contributed by atoms with van der Waals surface area (Å²) in [6.45, 7) is 2.67. The SMILES string of the molecule is CCCCCCCCCCCCCCCCSP(=O)(O)C(CC)CCNC(=O)SCCNCCO. The third-order valence-corrected chi connectivity index (χ3v) is 12.0. The second kappa shape index (κ2) is 25.9. The molecule has 0 radical (unpaired) electrons. The molecule has 6 nitrogen and oxygen atoms in total. The van der Waals surface area contributed by atoms with Gasteiger partial charge in [-0.3, -0.25) is 9.36 Å². The molecule has 0 fully saturated rings. The molecule has 0 aliphatic heterocycles. The molecule has 0 heterocycles. The van der Waals surface area contributed by atoms with Crippen LogP contribution in [0.15, 0.2) is 0 Å². The van der Waals surface area contributed by atoms with Crippen molar-refractivity contribution in [2.75, 3.05) is 37.7 Å². The maximum atomic E-state index is 12.8. The molecule has 0 aliphatic carbocycles. The number of thioether (sulfide) groups is 1. The van der Waals surface area contributed by atoms with E-state index in [1.807, 2.05) is 6.92 Å². The minimum Gasteiger partial charge on any atom is -0.395 e. The van der Waals surface area contributed by atoms with Gasteiger partial charge in [-0.15, -0.1) is 0 Å². The van der Waals surface area contributed by atoms with Gasteiger partial charge in [-0.25, -0.2) is 0 Å². The molecule has 0 saturated carbocycles. The Morgan fingerprint density at radius 2 is 1.34 bits per heavy atom. The first-order valence-electron chi connectivity index (χ1n) is 14.2. The number of carbonyl (C=O) groups is 1. The van der Waals surface area contributed by atoms with Gasteiger partial charge < -0.3 is 20.6 Å². The van der Waals surface area contributed by atoms with Crippen LogP contribution in [0.3, 0.4) is 0 Å². The summed E-state index contributed by atoms with van der Waals surface area (Å²) in [5.74, 6) is 1.38. The molecule has 0 aromatic heterocycles. The van der Waals surface area contributed by atoms with Gasteiger partial charge in [-0.05, 0) is 19.3 Å². The van der Waals surface area contributed by atoms with E-state index in [0.29, 0.717) is 38.2 Å². The van der Waals surface area contributed by atoms with E-state index in [1.54, 1.807) is 0 Å². The van der Waals surface area contributed by atoms with Crippen molar-refractivity contribution in [1.29, 1.82) is 0 Å². The third-order valence-electron chi connectivity index (χ3n) is 6.25. The number of rotatable bonds is 26. The van der Waals surface area contributed by atoms with Crippen LogP contribution in [-0.2, 0) is 4.57 Å². The molecule has 0 aliphatic rings. The molecular formula is C26H55N2O4PS2. The van der Waals surface area contributed by atoms with Gasteiger partial charge in [0.05, 0.1) is 6.61 Å². The molecule has 0 aromatic rings. The fourth-order valence-electron chi connectivity index (χ4n) is 4.01. The lowest BCUT2D eigenvalue weighted by Gasteiger charge is -2.21. The first-order valence-corrected chi connectivity index (χ1v) is 18.5. The van der Waals surface area contributed by atoms with Gasteiger partial charge in [-0.1, -0.05) is 120 Å². The quantitative estimate of drug-likeness (QED) is 0.0646. The Kier molecular flexibility index (Phi) is 26.1. The van der Waals surface area contributed by atoms with Crippen molar-refractivity contribution in [2.45, 2.75) is 122 Å². The fraction of sp³-hybridized carbons (Fsp3) is 0.962. The Morgan fingerprint density at radius 1 is 0.800 bits per heavy atom. The molecule has 210 valence electrons. The summed E-state index contributed by atoms with van der Waals surface area (Å²) in [7, 11) is 0. The van der Waals surface area contributed by atoms with Crippen molar-refractivity contribution in [2.24, 2.45) is 0 Å². The summed E-state index contributed by atoms with van der Waals surface area (Å²) in [4.78, 5) is 22.4. The van der Waals surface area contributed by atoms with E-state index in [-0.39, 0.29) is 17.5 Å². The molecule has 0 saturated heterocycles. The van der Waals surface area contributed by atoms with Gasteiger partial charge in [0.15, 0.2) is 0 Å². The average molecular weight is 555 g/mol. The Hall–Kier alpha value is 0.280. The summed E-state index contributed by atoms with van der Waals surface area (Å²) in [6.07, 6.45) is 19.6. The summed E-state index contributed by atoms with van der Waals surface area (Å²) in [5.41, 5.74) is -0.268. The molecule has 9 heteroatoms. The number of hydrogen-bond donors (Lipinski definition) is 4. The largest absolute Gasteiger partial charge is 0.395 e. The van der Waals surface area contributed by atoms with Crippen LogP contribution in [0.1, 0.15) is 117 Å². The van der Waals surface area contributed by atoms with Crippen LogP contribution in [0.4, 0.5) is 4.79 Å². The van der Waals surface area contributed by atoms with Gasteiger partial charge in [0.2, 0.25) is 0 Å². The zero-order valence-corrected chi connectivity index (χ0v) is 25.1. The first kappa shape index (κ1) is 35.3. The molecule has 2 unspecified atom stereocenters. The van der Waals surface area contributed by atoms with Crippen molar-refractivity contribution < 1.29 is 19.4 Å². The third kappa shape index (κ3) is 23.2. The molecule has 0 spiro atoms. The van der Waals surface area contributed by atoms with E-state index in [2.05, 4.69) is 17.6 Å². The number of aliphatic hydroxyl groups is 1. The van der Waals surface area contributed by atoms with Crippen molar-refractivity contribution in [3.63, 3.8) is 0 Å². The molecular weight excluding hydrogens is 499 g/mol. The Bertz CT molecular complexity index is 530. The molecule has 2 atom stereocenters. The van der Waals surface area contributed by atoms with Crippen molar-refractivity contribution in [3.8, 4) is 0 Å². The van der Waals surface area contributed by atoms with Gasteiger partial charge >= 0.3 is 0 Å². The first-order chi connectivity index (χ1) is 17.0. The van der Waals surface area contributed by atoms with E-state index in [9.17, 15) is 14.3 Å². The lowest BCUT2D eigenvalue weighted by atomic mass is 10.0. The normalized spacial score (nSPS) is 14.1. The highest BCUT2D eigenvalue weighted by Crippen LogP contribution is 2.60. The highest BCUT2D eigenvalue weighted by Gasteiger charge is 2.29.